The van der Waals surface area contributed by atoms with Crippen molar-refractivity contribution < 1.29 is 13.2 Å². The van der Waals surface area contributed by atoms with Gasteiger partial charge < -0.3 is 5.73 Å². The molecule has 0 radical (unpaired) electrons. The molecule has 17 heavy (non-hydrogen) atoms. The smallest absolute Gasteiger partial charge is 0.330 e. The summed E-state index contributed by atoms with van der Waals surface area (Å²) in [6.07, 6.45) is -2.08. The van der Waals surface area contributed by atoms with Gasteiger partial charge in [0.05, 0.1) is 6.54 Å². The van der Waals surface area contributed by atoms with E-state index in [9.17, 15) is 13.2 Å². The first-order valence-corrected chi connectivity index (χ1v) is 6.15. The summed E-state index contributed by atoms with van der Waals surface area (Å²) < 4.78 is 36.6. The number of rotatable bonds is 5. The molecule has 0 spiro atoms. The molecule has 0 aromatic heterocycles. The second kappa shape index (κ2) is 6.56. The first-order chi connectivity index (χ1) is 7.92. The minimum atomic E-state index is -4.08. The Morgan fingerprint density at radius 2 is 1.76 bits per heavy atom. The average Bonchev–Trinajstić information content (AvgIpc) is 2.24. The van der Waals surface area contributed by atoms with Crippen molar-refractivity contribution in [3.8, 4) is 0 Å². The Bertz CT molecular complexity index is 212. The molecule has 3 nitrogen and oxygen atoms in total. The number of halogens is 3. The Hall–Kier alpha value is -0.330. The summed E-state index contributed by atoms with van der Waals surface area (Å²) in [6.45, 7) is 4.48. The third-order valence-corrected chi connectivity index (χ3v) is 3.26. The first-order valence-electron chi connectivity index (χ1n) is 6.15. The third-order valence-electron chi connectivity index (χ3n) is 3.26. The summed E-state index contributed by atoms with van der Waals surface area (Å²) in [5.74, 6) is 0. The highest BCUT2D eigenvalue weighted by Crippen LogP contribution is 2.18. The van der Waals surface area contributed by atoms with Gasteiger partial charge in [-0.15, -0.1) is 0 Å². The van der Waals surface area contributed by atoms with Gasteiger partial charge in [-0.25, -0.2) is 0 Å². The van der Waals surface area contributed by atoms with Crippen molar-refractivity contribution >= 4 is 0 Å². The van der Waals surface area contributed by atoms with Crippen LogP contribution in [0, 0.1) is 0 Å². The fourth-order valence-electron chi connectivity index (χ4n) is 2.21. The zero-order valence-corrected chi connectivity index (χ0v) is 10.3. The molecule has 0 bridgehead atoms. The number of nitrogens with zero attached hydrogens (tertiary/aromatic N) is 2. The second-order valence-electron chi connectivity index (χ2n) is 4.71. The molecule has 102 valence electrons. The van der Waals surface area contributed by atoms with Gasteiger partial charge in [0.25, 0.3) is 0 Å². The SMILES string of the molecule is CC(CCCN)N1CCN(CC(F)(F)F)CC1. The predicted octanol–water partition coefficient (Wildman–Crippen LogP) is 1.29. The van der Waals surface area contributed by atoms with Crippen LogP contribution in [0.5, 0.6) is 0 Å². The lowest BCUT2D eigenvalue weighted by Gasteiger charge is -2.38. The minimum Gasteiger partial charge on any atom is -0.330 e. The van der Waals surface area contributed by atoms with Gasteiger partial charge in [-0.05, 0) is 26.3 Å². The summed E-state index contributed by atoms with van der Waals surface area (Å²) in [4.78, 5) is 3.73. The van der Waals surface area contributed by atoms with Gasteiger partial charge in [-0.2, -0.15) is 13.2 Å². The van der Waals surface area contributed by atoms with Crippen LogP contribution in [0.3, 0.4) is 0 Å². The predicted molar refractivity (Wildman–Crippen MR) is 61.8 cm³/mol. The molecule has 0 amide bonds. The fraction of sp³-hybridized carbons (Fsp3) is 1.00. The molecule has 1 rings (SSSR count). The standard InChI is InChI=1S/C11H22F3N3/c1-10(3-2-4-15)17-7-5-16(6-8-17)9-11(12,13)14/h10H,2-9,15H2,1H3. The molecule has 1 heterocycles. The quantitative estimate of drug-likeness (QED) is 0.801. The highest BCUT2D eigenvalue weighted by atomic mass is 19.4. The summed E-state index contributed by atoms with van der Waals surface area (Å²) in [6, 6.07) is 0.423. The van der Waals surface area contributed by atoms with Gasteiger partial charge >= 0.3 is 6.18 Å². The highest BCUT2D eigenvalue weighted by molar-refractivity contribution is 4.77. The van der Waals surface area contributed by atoms with E-state index in [1.807, 2.05) is 0 Å². The Morgan fingerprint density at radius 3 is 2.24 bits per heavy atom. The maximum absolute atomic E-state index is 12.2. The summed E-state index contributed by atoms with van der Waals surface area (Å²) in [5, 5.41) is 0. The zero-order chi connectivity index (χ0) is 12.9. The van der Waals surface area contributed by atoms with Crippen molar-refractivity contribution in [2.75, 3.05) is 39.3 Å². The van der Waals surface area contributed by atoms with Crippen LogP contribution in [-0.4, -0.2) is 61.3 Å². The number of hydrogen-bond donors (Lipinski definition) is 1. The van der Waals surface area contributed by atoms with Crippen molar-refractivity contribution in [1.82, 2.24) is 9.80 Å². The molecule has 1 saturated heterocycles. The Labute approximate surface area is 101 Å². The Morgan fingerprint density at radius 1 is 1.18 bits per heavy atom. The lowest BCUT2D eigenvalue weighted by molar-refractivity contribution is -0.149. The van der Waals surface area contributed by atoms with Crippen molar-refractivity contribution in [2.24, 2.45) is 5.73 Å². The molecular formula is C11H22F3N3. The van der Waals surface area contributed by atoms with Crippen molar-refractivity contribution in [3.63, 3.8) is 0 Å². The topological polar surface area (TPSA) is 32.5 Å². The van der Waals surface area contributed by atoms with Gasteiger partial charge in [-0.3, -0.25) is 9.80 Å². The van der Waals surface area contributed by atoms with E-state index in [0.29, 0.717) is 25.7 Å². The number of alkyl halides is 3. The molecule has 1 atom stereocenters. The van der Waals surface area contributed by atoms with Crippen LogP contribution in [-0.2, 0) is 0 Å². The molecule has 0 aliphatic carbocycles. The maximum atomic E-state index is 12.2. The van der Waals surface area contributed by atoms with E-state index in [1.165, 1.54) is 4.90 Å². The van der Waals surface area contributed by atoms with Crippen LogP contribution in [0.4, 0.5) is 13.2 Å². The first kappa shape index (κ1) is 14.7. The van der Waals surface area contributed by atoms with E-state index in [0.717, 1.165) is 25.9 Å². The Balaban J connectivity index is 2.25. The van der Waals surface area contributed by atoms with Gasteiger partial charge in [0.2, 0.25) is 0 Å². The van der Waals surface area contributed by atoms with Gasteiger partial charge in [0.15, 0.2) is 0 Å². The van der Waals surface area contributed by atoms with Crippen LogP contribution in [0.2, 0.25) is 0 Å². The maximum Gasteiger partial charge on any atom is 0.401 e. The van der Waals surface area contributed by atoms with Crippen molar-refractivity contribution in [2.45, 2.75) is 32.0 Å². The Kier molecular flexibility index (Phi) is 5.69. The molecule has 6 heteroatoms. The molecule has 1 aliphatic rings. The van der Waals surface area contributed by atoms with Crippen LogP contribution >= 0.6 is 0 Å². The van der Waals surface area contributed by atoms with E-state index in [-0.39, 0.29) is 0 Å². The average molecular weight is 253 g/mol. The molecule has 0 saturated carbocycles. The van der Waals surface area contributed by atoms with E-state index in [4.69, 9.17) is 5.73 Å². The molecule has 0 aromatic carbocycles. The van der Waals surface area contributed by atoms with Crippen LogP contribution < -0.4 is 5.73 Å². The number of nitrogens with two attached hydrogens (primary N) is 1. The molecular weight excluding hydrogens is 231 g/mol. The van der Waals surface area contributed by atoms with Crippen molar-refractivity contribution in [1.29, 1.82) is 0 Å². The third kappa shape index (κ3) is 5.70. The number of piperazine rings is 1. The van der Waals surface area contributed by atoms with E-state index in [2.05, 4.69) is 11.8 Å². The summed E-state index contributed by atoms with van der Waals surface area (Å²) in [7, 11) is 0. The van der Waals surface area contributed by atoms with E-state index >= 15 is 0 Å². The fourth-order valence-corrected chi connectivity index (χ4v) is 2.21. The number of hydrogen-bond acceptors (Lipinski definition) is 3. The largest absolute Gasteiger partial charge is 0.401 e. The molecule has 1 unspecified atom stereocenters. The van der Waals surface area contributed by atoms with E-state index in [1.54, 1.807) is 0 Å². The minimum absolute atomic E-state index is 0.423. The lowest BCUT2D eigenvalue weighted by Crippen LogP contribution is -2.51. The molecule has 2 N–H and O–H groups in total. The monoisotopic (exact) mass is 253 g/mol. The van der Waals surface area contributed by atoms with Crippen LogP contribution in [0.15, 0.2) is 0 Å². The second-order valence-corrected chi connectivity index (χ2v) is 4.71. The van der Waals surface area contributed by atoms with E-state index < -0.39 is 12.7 Å². The molecule has 1 aliphatic heterocycles. The van der Waals surface area contributed by atoms with Crippen molar-refractivity contribution in [3.05, 3.63) is 0 Å². The molecule has 0 aromatic rings. The van der Waals surface area contributed by atoms with Crippen LogP contribution in [0.25, 0.3) is 0 Å². The normalized spacial score (nSPS) is 21.7. The molecule has 1 fully saturated rings. The highest BCUT2D eigenvalue weighted by Gasteiger charge is 2.32. The summed E-state index contributed by atoms with van der Waals surface area (Å²) in [5.41, 5.74) is 5.45. The van der Waals surface area contributed by atoms with Gasteiger partial charge in [0.1, 0.15) is 0 Å². The van der Waals surface area contributed by atoms with Gasteiger partial charge in [-0.1, -0.05) is 0 Å². The summed E-state index contributed by atoms with van der Waals surface area (Å²) >= 11 is 0. The lowest BCUT2D eigenvalue weighted by atomic mass is 10.1. The zero-order valence-electron chi connectivity index (χ0n) is 10.3. The van der Waals surface area contributed by atoms with Gasteiger partial charge in [0, 0.05) is 32.2 Å². The van der Waals surface area contributed by atoms with Crippen LogP contribution in [0.1, 0.15) is 19.8 Å².